The summed E-state index contributed by atoms with van der Waals surface area (Å²) in [7, 11) is -3.23. The van der Waals surface area contributed by atoms with Crippen LogP contribution < -0.4 is 5.32 Å². The van der Waals surface area contributed by atoms with Crippen LogP contribution in [0.1, 0.15) is 26.8 Å². The highest BCUT2D eigenvalue weighted by Crippen LogP contribution is 2.29. The Morgan fingerprint density at radius 3 is 2.88 bits per heavy atom. The molecule has 4 heterocycles. The number of rotatable bonds is 3. The number of imidazole rings is 1. The van der Waals surface area contributed by atoms with Crippen molar-refractivity contribution in [3.8, 4) is 0 Å². The van der Waals surface area contributed by atoms with Crippen LogP contribution in [0, 0.1) is 6.92 Å². The number of aromatic nitrogens is 3. The number of aryl methyl sites for hydroxylation is 1. The van der Waals surface area contributed by atoms with Gasteiger partial charge in [-0.15, -0.1) is 11.3 Å². The van der Waals surface area contributed by atoms with Gasteiger partial charge in [0.15, 0.2) is 5.13 Å². The number of hydrogen-bond donors (Lipinski definition) is 1. The van der Waals surface area contributed by atoms with E-state index in [0.717, 1.165) is 10.6 Å². The fourth-order valence-electron chi connectivity index (χ4n) is 3.05. The van der Waals surface area contributed by atoms with Crippen LogP contribution in [0.3, 0.4) is 0 Å². The van der Waals surface area contributed by atoms with Gasteiger partial charge in [0.25, 0.3) is 5.91 Å². The maximum Gasteiger partial charge on any atom is 0.276 e. The van der Waals surface area contributed by atoms with Crippen LogP contribution >= 0.6 is 11.3 Å². The maximum atomic E-state index is 12.7. The number of amides is 1. The maximum absolute atomic E-state index is 12.7. The average Bonchev–Trinajstić information content (AvgIpc) is 3.11. The van der Waals surface area contributed by atoms with E-state index in [4.69, 9.17) is 0 Å². The molecule has 3 aromatic heterocycles. The van der Waals surface area contributed by atoms with Gasteiger partial charge in [-0.05, 0) is 19.1 Å². The summed E-state index contributed by atoms with van der Waals surface area (Å²) in [5, 5.41) is 3.30. The number of thiazole rings is 1. The molecule has 0 radical (unpaired) electrons. The predicted molar refractivity (Wildman–Crippen MR) is 99.0 cm³/mol. The first-order chi connectivity index (χ1) is 12.3. The summed E-state index contributed by atoms with van der Waals surface area (Å²) in [6.07, 6.45) is 3.54. The van der Waals surface area contributed by atoms with Crippen LogP contribution in [0.4, 0.5) is 5.13 Å². The Kier molecular flexibility index (Phi) is 4.05. The molecular formula is C16H17N5O3S2. The second-order valence-electron chi connectivity index (χ2n) is 6.16. The summed E-state index contributed by atoms with van der Waals surface area (Å²) in [6.45, 7) is 2.50. The van der Waals surface area contributed by atoms with E-state index in [2.05, 4.69) is 15.3 Å². The molecule has 4 rings (SSSR count). The lowest BCUT2D eigenvalue weighted by atomic mass is 10.2. The van der Waals surface area contributed by atoms with E-state index < -0.39 is 10.0 Å². The molecule has 1 N–H and O–H groups in total. The van der Waals surface area contributed by atoms with E-state index in [1.54, 1.807) is 17.5 Å². The van der Waals surface area contributed by atoms with Gasteiger partial charge in [-0.3, -0.25) is 14.5 Å². The summed E-state index contributed by atoms with van der Waals surface area (Å²) in [4.78, 5) is 22.5. The second-order valence-corrected chi connectivity index (χ2v) is 9.23. The van der Waals surface area contributed by atoms with Crippen molar-refractivity contribution < 1.29 is 13.2 Å². The Labute approximate surface area is 154 Å². The van der Waals surface area contributed by atoms with E-state index in [-0.39, 0.29) is 5.91 Å². The molecule has 10 heteroatoms. The van der Waals surface area contributed by atoms with Crippen molar-refractivity contribution in [3.63, 3.8) is 0 Å². The third kappa shape index (κ3) is 3.00. The van der Waals surface area contributed by atoms with Crippen molar-refractivity contribution in [2.24, 2.45) is 0 Å². The first-order valence-electron chi connectivity index (χ1n) is 8.01. The molecule has 3 aromatic rings. The Balaban J connectivity index is 1.60. The van der Waals surface area contributed by atoms with Crippen LogP contribution in [0.25, 0.3) is 5.65 Å². The van der Waals surface area contributed by atoms with Gasteiger partial charge in [0.05, 0.1) is 17.6 Å². The summed E-state index contributed by atoms with van der Waals surface area (Å²) in [5.74, 6) is -0.285. The number of pyridine rings is 1. The number of hydrogen-bond acceptors (Lipinski definition) is 6. The average molecular weight is 391 g/mol. The zero-order valence-electron chi connectivity index (χ0n) is 14.3. The van der Waals surface area contributed by atoms with Gasteiger partial charge in [0.2, 0.25) is 10.0 Å². The van der Waals surface area contributed by atoms with Crippen molar-refractivity contribution in [2.75, 3.05) is 18.1 Å². The van der Waals surface area contributed by atoms with E-state index in [1.807, 2.05) is 18.2 Å². The topological polar surface area (TPSA) is 96.7 Å². The number of carbonyl (C=O) groups is 1. The number of nitrogens with zero attached hydrogens (tertiary/aromatic N) is 4. The number of nitrogens with one attached hydrogen (secondary N) is 1. The molecule has 0 aliphatic carbocycles. The molecule has 0 atom stereocenters. The van der Waals surface area contributed by atoms with Crippen LogP contribution in [0.15, 0.2) is 24.4 Å². The van der Waals surface area contributed by atoms with Gasteiger partial charge in [0.1, 0.15) is 11.3 Å². The molecule has 1 aliphatic rings. The summed E-state index contributed by atoms with van der Waals surface area (Å²) >= 11 is 1.31. The highest BCUT2D eigenvalue weighted by Gasteiger charge is 2.27. The van der Waals surface area contributed by atoms with Gasteiger partial charge in [-0.2, -0.15) is 4.31 Å². The molecule has 0 saturated carbocycles. The minimum atomic E-state index is -3.23. The highest BCUT2D eigenvalue weighted by molar-refractivity contribution is 7.88. The normalized spacial score (nSPS) is 15.2. The summed E-state index contributed by atoms with van der Waals surface area (Å²) in [6, 6.07) is 5.55. The molecule has 1 amide bonds. The number of fused-ring (bicyclic) bond motifs is 2. The molecule has 8 nitrogen and oxygen atoms in total. The van der Waals surface area contributed by atoms with Crippen LogP contribution in [-0.2, 0) is 23.0 Å². The highest BCUT2D eigenvalue weighted by atomic mass is 32.2. The van der Waals surface area contributed by atoms with Crippen molar-refractivity contribution in [1.82, 2.24) is 18.7 Å². The minimum Gasteiger partial charge on any atom is -0.296 e. The van der Waals surface area contributed by atoms with Gasteiger partial charge >= 0.3 is 0 Å². The zero-order valence-corrected chi connectivity index (χ0v) is 15.9. The molecule has 26 heavy (non-hydrogen) atoms. The lowest BCUT2D eigenvalue weighted by molar-refractivity contribution is 0.102. The van der Waals surface area contributed by atoms with Crippen LogP contribution in [0.5, 0.6) is 0 Å². The molecular weight excluding hydrogens is 374 g/mol. The monoisotopic (exact) mass is 391 g/mol. The van der Waals surface area contributed by atoms with Crippen LogP contribution in [0.2, 0.25) is 0 Å². The van der Waals surface area contributed by atoms with Crippen molar-refractivity contribution in [3.05, 3.63) is 46.4 Å². The lowest BCUT2D eigenvalue weighted by Crippen LogP contribution is -2.34. The van der Waals surface area contributed by atoms with Crippen molar-refractivity contribution in [1.29, 1.82) is 0 Å². The SMILES string of the molecule is Cc1nc2ccccn2c1C(=O)Nc1nc2c(s1)CN(S(C)(=O)=O)CC2. The molecule has 0 spiro atoms. The Hall–Kier alpha value is -2.30. The largest absolute Gasteiger partial charge is 0.296 e. The number of carbonyl (C=O) groups excluding carboxylic acids is 1. The Morgan fingerprint density at radius 2 is 2.12 bits per heavy atom. The zero-order chi connectivity index (χ0) is 18.5. The van der Waals surface area contributed by atoms with Crippen molar-refractivity contribution >= 4 is 38.0 Å². The molecule has 0 aromatic carbocycles. The molecule has 0 fully saturated rings. The first-order valence-corrected chi connectivity index (χ1v) is 10.7. The smallest absolute Gasteiger partial charge is 0.276 e. The molecule has 0 bridgehead atoms. The molecule has 136 valence electrons. The van der Waals surface area contributed by atoms with Gasteiger partial charge in [-0.25, -0.2) is 18.4 Å². The second kappa shape index (κ2) is 6.15. The van der Waals surface area contributed by atoms with E-state index in [1.165, 1.54) is 21.9 Å². The lowest BCUT2D eigenvalue weighted by Gasteiger charge is -2.23. The van der Waals surface area contributed by atoms with E-state index >= 15 is 0 Å². The minimum absolute atomic E-state index is 0.285. The Morgan fingerprint density at radius 1 is 1.31 bits per heavy atom. The summed E-state index contributed by atoms with van der Waals surface area (Å²) < 4.78 is 26.6. The summed E-state index contributed by atoms with van der Waals surface area (Å²) in [5.41, 5.74) is 2.65. The van der Waals surface area contributed by atoms with E-state index in [0.29, 0.717) is 41.7 Å². The third-order valence-corrected chi connectivity index (χ3v) is 6.55. The number of anilines is 1. The Bertz CT molecular complexity index is 1120. The molecule has 0 saturated heterocycles. The standard InChI is InChI=1S/C16H17N5O3S2/c1-10-14(21-7-4-3-5-13(21)17-10)15(22)19-16-18-11-6-8-20(26(2,23)24)9-12(11)25-16/h3-5,7H,6,8-9H2,1-2H3,(H,18,19,22). The molecule has 0 unspecified atom stereocenters. The number of sulfonamides is 1. The molecule has 1 aliphatic heterocycles. The third-order valence-electron chi connectivity index (χ3n) is 4.31. The van der Waals surface area contributed by atoms with Gasteiger partial charge in [-0.1, -0.05) is 6.07 Å². The first kappa shape index (κ1) is 17.1. The van der Waals surface area contributed by atoms with Crippen molar-refractivity contribution in [2.45, 2.75) is 19.9 Å². The van der Waals surface area contributed by atoms with Gasteiger partial charge in [0, 0.05) is 30.6 Å². The fourth-order valence-corrected chi connectivity index (χ4v) is 4.94. The van der Waals surface area contributed by atoms with E-state index in [9.17, 15) is 13.2 Å². The van der Waals surface area contributed by atoms with Gasteiger partial charge < -0.3 is 0 Å². The predicted octanol–water partition coefficient (Wildman–Crippen LogP) is 1.67. The fraction of sp³-hybridized carbons (Fsp3) is 0.312. The quantitative estimate of drug-likeness (QED) is 0.733. The van der Waals surface area contributed by atoms with Crippen LogP contribution in [-0.4, -0.2) is 45.8 Å².